The number of hydrogen-bond acceptors (Lipinski definition) is 7. The van der Waals surface area contributed by atoms with Gasteiger partial charge in [0.1, 0.15) is 6.29 Å². The fourth-order valence-corrected chi connectivity index (χ4v) is 2.27. The summed E-state index contributed by atoms with van der Waals surface area (Å²) in [5.41, 5.74) is -1.00. The fourth-order valence-electron chi connectivity index (χ4n) is 2.27. The molecule has 0 saturated heterocycles. The zero-order valence-corrected chi connectivity index (χ0v) is 12.3. The standard InChI is InChI=1S/C17H14O7/c18-7-1-3-9-5-6-10-11(4-2-8-19)14(21)17(24)16(23)12(10)15(22)13(9)20/h1-7,19,21,23-24H,8H2,(H,20,22). The number of phenolic OH excluding ortho intramolecular Hbond substituents is 3. The van der Waals surface area contributed by atoms with Gasteiger partial charge in [0, 0.05) is 16.5 Å². The molecule has 5 N–H and O–H groups in total. The number of hydrogen-bond donors (Lipinski definition) is 5. The number of aldehydes is 1. The first-order valence-electron chi connectivity index (χ1n) is 6.80. The first kappa shape index (κ1) is 17.0. The van der Waals surface area contributed by atoms with Crippen LogP contribution < -0.4 is 5.43 Å². The van der Waals surface area contributed by atoms with E-state index in [2.05, 4.69) is 0 Å². The van der Waals surface area contributed by atoms with Crippen molar-refractivity contribution in [1.82, 2.24) is 0 Å². The maximum atomic E-state index is 12.4. The van der Waals surface area contributed by atoms with Crippen molar-refractivity contribution in [1.29, 1.82) is 0 Å². The third-order valence-corrected chi connectivity index (χ3v) is 3.39. The molecule has 24 heavy (non-hydrogen) atoms. The van der Waals surface area contributed by atoms with Crippen molar-refractivity contribution in [2.45, 2.75) is 0 Å². The van der Waals surface area contributed by atoms with Crippen LogP contribution in [0.1, 0.15) is 11.1 Å². The lowest BCUT2D eigenvalue weighted by Crippen LogP contribution is -2.00. The minimum absolute atomic E-state index is 0.0127. The number of aliphatic hydroxyl groups excluding tert-OH is 1. The van der Waals surface area contributed by atoms with Gasteiger partial charge in [0.25, 0.3) is 0 Å². The third-order valence-electron chi connectivity index (χ3n) is 3.39. The molecule has 0 unspecified atom stereocenters. The average Bonchev–Trinajstić information content (AvgIpc) is 2.69. The van der Waals surface area contributed by atoms with Crippen LogP contribution in [0.25, 0.3) is 22.9 Å². The maximum absolute atomic E-state index is 12.4. The summed E-state index contributed by atoms with van der Waals surface area (Å²) in [6.45, 7) is -0.357. The number of fused-ring (bicyclic) bond motifs is 1. The van der Waals surface area contributed by atoms with Crippen LogP contribution in [0, 0.1) is 0 Å². The third kappa shape index (κ3) is 2.80. The van der Waals surface area contributed by atoms with Gasteiger partial charge in [-0.15, -0.1) is 0 Å². The first-order valence-corrected chi connectivity index (χ1v) is 6.80. The summed E-state index contributed by atoms with van der Waals surface area (Å²) in [5, 5.41) is 48.4. The van der Waals surface area contributed by atoms with Crippen LogP contribution in [-0.2, 0) is 4.79 Å². The molecule has 0 aromatic heterocycles. The Morgan fingerprint density at radius 3 is 2.25 bits per heavy atom. The highest BCUT2D eigenvalue weighted by atomic mass is 16.3. The van der Waals surface area contributed by atoms with Gasteiger partial charge in [-0.2, -0.15) is 0 Å². The fraction of sp³-hybridized carbons (Fsp3) is 0.0588. The predicted molar refractivity (Wildman–Crippen MR) is 88.1 cm³/mol. The Balaban J connectivity index is 3.06. The monoisotopic (exact) mass is 330 g/mol. The molecular formula is C17H14O7. The molecule has 7 nitrogen and oxygen atoms in total. The Bertz CT molecular complexity index is 927. The largest absolute Gasteiger partial charge is 0.504 e. The molecule has 0 aliphatic carbocycles. The van der Waals surface area contributed by atoms with E-state index < -0.39 is 33.8 Å². The molecule has 0 bridgehead atoms. The first-order chi connectivity index (χ1) is 11.4. The summed E-state index contributed by atoms with van der Waals surface area (Å²) >= 11 is 0. The Morgan fingerprint density at radius 1 is 0.917 bits per heavy atom. The second-order valence-corrected chi connectivity index (χ2v) is 4.79. The molecule has 2 rings (SSSR count). The van der Waals surface area contributed by atoms with Crippen LogP contribution in [0.15, 0.2) is 29.1 Å². The molecule has 0 atom stereocenters. The Morgan fingerprint density at radius 2 is 1.62 bits per heavy atom. The molecule has 2 aromatic carbocycles. The van der Waals surface area contributed by atoms with E-state index in [1.807, 2.05) is 0 Å². The predicted octanol–water partition coefficient (Wildman–Crippen LogP) is 1.24. The number of rotatable bonds is 4. The average molecular weight is 330 g/mol. The highest BCUT2D eigenvalue weighted by Crippen LogP contribution is 2.44. The van der Waals surface area contributed by atoms with Gasteiger partial charge in [-0.1, -0.05) is 24.3 Å². The lowest BCUT2D eigenvalue weighted by atomic mass is 10.0. The molecule has 0 aliphatic rings. The van der Waals surface area contributed by atoms with Gasteiger partial charge in [-0.3, -0.25) is 9.59 Å². The van der Waals surface area contributed by atoms with Gasteiger partial charge in [0.15, 0.2) is 17.2 Å². The molecule has 0 amide bonds. The second-order valence-electron chi connectivity index (χ2n) is 4.79. The van der Waals surface area contributed by atoms with Crippen LogP contribution >= 0.6 is 0 Å². The number of allylic oxidation sites excluding steroid dienone is 1. The molecule has 0 fully saturated rings. The van der Waals surface area contributed by atoms with Gasteiger partial charge >= 0.3 is 0 Å². The topological polar surface area (TPSA) is 135 Å². The smallest absolute Gasteiger partial charge is 0.232 e. The van der Waals surface area contributed by atoms with E-state index in [9.17, 15) is 30.0 Å². The number of aliphatic hydroxyl groups is 1. The van der Waals surface area contributed by atoms with Crippen molar-refractivity contribution in [3.8, 4) is 23.0 Å². The molecule has 7 heteroatoms. The van der Waals surface area contributed by atoms with E-state index in [-0.39, 0.29) is 23.1 Å². The molecule has 0 spiro atoms. The SMILES string of the molecule is O=CC=Cc1ccc2c(C=CCO)c(O)c(O)c(O)c2c(=O)c1O. The molecule has 124 valence electrons. The molecule has 0 aliphatic heterocycles. The Hall–Kier alpha value is -3.32. The summed E-state index contributed by atoms with van der Waals surface area (Å²) in [7, 11) is 0. The van der Waals surface area contributed by atoms with E-state index in [1.54, 1.807) is 0 Å². The van der Waals surface area contributed by atoms with E-state index >= 15 is 0 Å². The van der Waals surface area contributed by atoms with Crippen LogP contribution in [0.3, 0.4) is 0 Å². The lowest BCUT2D eigenvalue weighted by Gasteiger charge is -2.08. The number of benzene rings is 1. The van der Waals surface area contributed by atoms with Gasteiger partial charge in [0.2, 0.25) is 11.2 Å². The van der Waals surface area contributed by atoms with Crippen molar-refractivity contribution < 1.29 is 30.3 Å². The van der Waals surface area contributed by atoms with Crippen LogP contribution in [0.2, 0.25) is 0 Å². The summed E-state index contributed by atoms with van der Waals surface area (Å²) in [5.74, 6) is -3.22. The van der Waals surface area contributed by atoms with Crippen LogP contribution in [-0.4, -0.2) is 38.4 Å². The second kappa shape index (κ2) is 6.84. The van der Waals surface area contributed by atoms with Crippen molar-refractivity contribution in [3.63, 3.8) is 0 Å². The molecule has 0 radical (unpaired) electrons. The van der Waals surface area contributed by atoms with Gasteiger partial charge in [-0.25, -0.2) is 0 Å². The minimum Gasteiger partial charge on any atom is -0.504 e. The number of carbonyl (C=O) groups is 1. The number of phenols is 3. The van der Waals surface area contributed by atoms with Crippen LogP contribution in [0.5, 0.6) is 23.0 Å². The molecule has 0 saturated carbocycles. The van der Waals surface area contributed by atoms with Crippen LogP contribution in [0.4, 0.5) is 0 Å². The zero-order chi connectivity index (χ0) is 17.9. The van der Waals surface area contributed by atoms with Crippen molar-refractivity contribution in [2.75, 3.05) is 6.61 Å². The Kier molecular flexibility index (Phi) is 4.86. The molecular weight excluding hydrogens is 316 g/mol. The van der Waals surface area contributed by atoms with E-state index in [0.717, 1.165) is 6.08 Å². The molecule has 2 aromatic rings. The number of aromatic hydroxyl groups is 4. The Labute approximate surface area is 135 Å². The lowest BCUT2D eigenvalue weighted by molar-refractivity contribution is -0.104. The number of carbonyl (C=O) groups excluding carboxylic acids is 1. The quantitative estimate of drug-likeness (QED) is 0.323. The highest BCUT2D eigenvalue weighted by molar-refractivity contribution is 6.00. The summed E-state index contributed by atoms with van der Waals surface area (Å²) < 4.78 is 0. The maximum Gasteiger partial charge on any atom is 0.232 e. The summed E-state index contributed by atoms with van der Waals surface area (Å²) in [6.07, 6.45) is 5.24. The van der Waals surface area contributed by atoms with E-state index in [0.29, 0.717) is 6.29 Å². The van der Waals surface area contributed by atoms with Crippen molar-refractivity contribution in [3.05, 3.63) is 45.6 Å². The molecule has 0 heterocycles. The van der Waals surface area contributed by atoms with E-state index in [1.165, 1.54) is 30.4 Å². The van der Waals surface area contributed by atoms with Gasteiger partial charge in [0.05, 0.1) is 12.0 Å². The van der Waals surface area contributed by atoms with Gasteiger partial charge < -0.3 is 25.5 Å². The highest BCUT2D eigenvalue weighted by Gasteiger charge is 2.20. The van der Waals surface area contributed by atoms with Crippen molar-refractivity contribution >= 4 is 29.2 Å². The zero-order valence-electron chi connectivity index (χ0n) is 12.3. The normalized spacial score (nSPS) is 11.5. The van der Waals surface area contributed by atoms with Crippen molar-refractivity contribution in [2.24, 2.45) is 0 Å². The summed E-state index contributed by atoms with van der Waals surface area (Å²) in [4.78, 5) is 22.8. The minimum atomic E-state index is -0.994. The van der Waals surface area contributed by atoms with E-state index in [4.69, 9.17) is 5.11 Å². The summed E-state index contributed by atoms with van der Waals surface area (Å²) in [6, 6.07) is 2.64. The van der Waals surface area contributed by atoms with Gasteiger partial charge in [-0.05, 0) is 12.2 Å².